The highest BCUT2D eigenvalue weighted by Gasteiger charge is 2.34. The second-order valence-corrected chi connectivity index (χ2v) is 9.81. The number of aromatic nitrogens is 2. The molecule has 182 valence electrons. The second kappa shape index (κ2) is 9.50. The molecule has 3 aromatic carbocycles. The number of carboxylic acid groups (broad SMARTS) is 1. The first-order valence-corrected chi connectivity index (χ1v) is 12.3. The van der Waals surface area contributed by atoms with E-state index in [1.54, 1.807) is 6.08 Å². The number of hydrogen-bond acceptors (Lipinski definition) is 3. The van der Waals surface area contributed by atoms with Gasteiger partial charge in [0.2, 0.25) is 0 Å². The van der Waals surface area contributed by atoms with Crippen LogP contribution in [0.3, 0.4) is 0 Å². The third-order valence-electron chi connectivity index (χ3n) is 7.05. The Bertz CT molecular complexity index is 1450. The van der Waals surface area contributed by atoms with E-state index in [0.29, 0.717) is 6.04 Å². The van der Waals surface area contributed by atoms with Crippen LogP contribution in [0, 0.1) is 13.8 Å². The van der Waals surface area contributed by atoms with Gasteiger partial charge in [0, 0.05) is 36.6 Å². The molecule has 5 heteroatoms. The van der Waals surface area contributed by atoms with Gasteiger partial charge < -0.3 is 10.0 Å². The van der Waals surface area contributed by atoms with Crippen molar-refractivity contribution < 1.29 is 9.90 Å². The van der Waals surface area contributed by atoms with E-state index in [1.807, 2.05) is 30.1 Å². The molecule has 1 aromatic heterocycles. The average Bonchev–Trinajstić information content (AvgIpc) is 3.29. The maximum absolute atomic E-state index is 10.9. The third kappa shape index (κ3) is 4.57. The van der Waals surface area contributed by atoms with Crippen molar-refractivity contribution in [2.45, 2.75) is 39.3 Å². The Kier molecular flexibility index (Phi) is 6.23. The van der Waals surface area contributed by atoms with Gasteiger partial charge in [0.1, 0.15) is 0 Å². The summed E-state index contributed by atoms with van der Waals surface area (Å²) in [7, 11) is 1.94. The Balaban J connectivity index is 1.63. The summed E-state index contributed by atoms with van der Waals surface area (Å²) in [6.07, 6.45) is 7.72. The number of anilines is 1. The third-order valence-corrected chi connectivity index (χ3v) is 7.05. The summed E-state index contributed by atoms with van der Waals surface area (Å²) in [5.41, 5.74) is 10.8. The van der Waals surface area contributed by atoms with E-state index in [1.165, 1.54) is 45.1 Å². The van der Waals surface area contributed by atoms with Crippen LogP contribution in [0.25, 0.3) is 17.2 Å². The highest BCUT2D eigenvalue weighted by Crippen LogP contribution is 2.43. The highest BCUT2D eigenvalue weighted by atomic mass is 16.4. The molecule has 5 nitrogen and oxygen atoms in total. The number of nitrogens with zero attached hydrogens (tertiary/aromatic N) is 3. The maximum atomic E-state index is 10.9. The Hall–Kier alpha value is -4.12. The van der Waals surface area contributed by atoms with Gasteiger partial charge in [0.15, 0.2) is 0 Å². The van der Waals surface area contributed by atoms with Crippen LogP contribution in [0.2, 0.25) is 0 Å². The predicted octanol–water partition coefficient (Wildman–Crippen LogP) is 6.34. The van der Waals surface area contributed by atoms with Gasteiger partial charge in [-0.1, -0.05) is 60.2 Å². The van der Waals surface area contributed by atoms with Gasteiger partial charge in [-0.15, -0.1) is 0 Å². The molecule has 4 aromatic rings. The number of benzene rings is 3. The predicted molar refractivity (Wildman–Crippen MR) is 145 cm³/mol. The lowest BCUT2D eigenvalue weighted by Gasteiger charge is -2.45. The molecule has 36 heavy (non-hydrogen) atoms. The van der Waals surface area contributed by atoms with Crippen molar-refractivity contribution in [1.82, 2.24) is 9.78 Å². The minimum atomic E-state index is -0.945. The molecular formula is C31H31N3O2. The molecular weight excluding hydrogens is 446 g/mol. The Morgan fingerprint density at radius 1 is 1.03 bits per heavy atom. The lowest BCUT2D eigenvalue weighted by Crippen LogP contribution is -2.43. The number of rotatable bonds is 5. The van der Waals surface area contributed by atoms with Crippen LogP contribution in [0.1, 0.15) is 46.3 Å². The van der Waals surface area contributed by atoms with Gasteiger partial charge in [-0.25, -0.2) is 4.79 Å². The standard InChI is InChI=1S/C31H31N3O2/c1-20-5-13-29(21(2)15-20)34-22(3)16-26-17-25(27-18-32-33(4)19-27)11-12-28(26)31(34)24-9-6-23(7-10-24)8-14-30(35)36/h5-15,17-19,22,31H,16H2,1-4H3,(H,35,36)/b14-8+. The Labute approximate surface area is 212 Å². The van der Waals surface area contributed by atoms with Gasteiger partial charge in [0.05, 0.1) is 12.2 Å². The molecule has 0 radical (unpaired) electrons. The molecule has 0 bridgehead atoms. The molecule has 1 aliphatic rings. The van der Waals surface area contributed by atoms with E-state index in [-0.39, 0.29) is 6.04 Å². The quantitative estimate of drug-likeness (QED) is 0.341. The molecule has 1 aliphatic heterocycles. The maximum Gasteiger partial charge on any atom is 0.328 e. The minimum absolute atomic E-state index is 0.0469. The summed E-state index contributed by atoms with van der Waals surface area (Å²) < 4.78 is 1.84. The molecule has 1 N–H and O–H groups in total. The van der Waals surface area contributed by atoms with E-state index in [9.17, 15) is 4.79 Å². The molecule has 0 fully saturated rings. The summed E-state index contributed by atoms with van der Waals surface area (Å²) in [5.74, 6) is -0.945. The number of hydrogen-bond donors (Lipinski definition) is 1. The van der Waals surface area contributed by atoms with Crippen molar-refractivity contribution in [3.8, 4) is 11.1 Å². The van der Waals surface area contributed by atoms with Crippen molar-refractivity contribution >= 4 is 17.7 Å². The average molecular weight is 478 g/mol. The van der Waals surface area contributed by atoms with Crippen LogP contribution in [-0.4, -0.2) is 26.9 Å². The first kappa shape index (κ1) is 23.6. The molecule has 2 atom stereocenters. The van der Waals surface area contributed by atoms with Crippen LogP contribution in [-0.2, 0) is 18.3 Å². The zero-order valence-corrected chi connectivity index (χ0v) is 21.1. The fourth-order valence-electron chi connectivity index (χ4n) is 5.39. The summed E-state index contributed by atoms with van der Waals surface area (Å²) >= 11 is 0. The van der Waals surface area contributed by atoms with Crippen LogP contribution >= 0.6 is 0 Å². The normalized spacial score (nSPS) is 17.4. The number of carbonyl (C=O) groups is 1. The zero-order chi connectivity index (χ0) is 25.4. The van der Waals surface area contributed by atoms with E-state index in [4.69, 9.17) is 5.11 Å². The van der Waals surface area contributed by atoms with Crippen LogP contribution in [0.15, 0.2) is 79.1 Å². The molecule has 2 heterocycles. The van der Waals surface area contributed by atoms with Crippen molar-refractivity contribution in [3.05, 3.63) is 113 Å². The highest BCUT2D eigenvalue weighted by molar-refractivity contribution is 5.85. The number of fused-ring (bicyclic) bond motifs is 1. The van der Waals surface area contributed by atoms with Crippen molar-refractivity contribution in [2.75, 3.05) is 4.90 Å². The van der Waals surface area contributed by atoms with Gasteiger partial charge in [0.25, 0.3) is 0 Å². The van der Waals surface area contributed by atoms with Gasteiger partial charge >= 0.3 is 5.97 Å². The summed E-state index contributed by atoms with van der Waals surface area (Å²) in [5, 5.41) is 13.3. The molecule has 0 amide bonds. The van der Waals surface area contributed by atoms with Crippen LogP contribution < -0.4 is 4.90 Å². The molecule has 0 aliphatic carbocycles. The fourth-order valence-corrected chi connectivity index (χ4v) is 5.39. The zero-order valence-electron chi connectivity index (χ0n) is 21.1. The molecule has 0 saturated heterocycles. The first-order chi connectivity index (χ1) is 17.3. The number of carboxylic acids is 1. The largest absolute Gasteiger partial charge is 0.478 e. The first-order valence-electron chi connectivity index (χ1n) is 12.3. The molecule has 0 spiro atoms. The SMILES string of the molecule is Cc1ccc(N2C(C)Cc3cc(-c4cnn(C)c4)ccc3C2c2ccc(/C=C/C(=O)O)cc2)c(C)c1. The van der Waals surface area contributed by atoms with Crippen molar-refractivity contribution in [1.29, 1.82) is 0 Å². The molecule has 0 saturated carbocycles. The second-order valence-electron chi connectivity index (χ2n) is 9.81. The number of aryl methyl sites for hydroxylation is 3. The van der Waals surface area contributed by atoms with E-state index in [2.05, 4.69) is 85.5 Å². The monoisotopic (exact) mass is 477 g/mol. The van der Waals surface area contributed by atoms with Crippen molar-refractivity contribution in [2.24, 2.45) is 7.05 Å². The van der Waals surface area contributed by atoms with Gasteiger partial charge in [-0.2, -0.15) is 5.10 Å². The lowest BCUT2D eigenvalue weighted by molar-refractivity contribution is -0.131. The van der Waals surface area contributed by atoms with Gasteiger partial charge in [-0.05, 0) is 72.7 Å². The topological polar surface area (TPSA) is 58.4 Å². The Morgan fingerprint density at radius 2 is 1.81 bits per heavy atom. The molecule has 5 rings (SSSR count). The van der Waals surface area contributed by atoms with Crippen molar-refractivity contribution in [3.63, 3.8) is 0 Å². The summed E-state index contributed by atoms with van der Waals surface area (Å²) in [6.45, 7) is 6.62. The minimum Gasteiger partial charge on any atom is -0.478 e. The van der Waals surface area contributed by atoms with E-state index in [0.717, 1.165) is 17.5 Å². The molecule has 2 unspecified atom stereocenters. The summed E-state index contributed by atoms with van der Waals surface area (Å²) in [4.78, 5) is 13.5. The smallest absolute Gasteiger partial charge is 0.328 e. The Morgan fingerprint density at radius 3 is 2.47 bits per heavy atom. The fraction of sp³-hybridized carbons (Fsp3) is 0.226. The van der Waals surface area contributed by atoms with Crippen LogP contribution in [0.4, 0.5) is 5.69 Å². The van der Waals surface area contributed by atoms with Gasteiger partial charge in [-0.3, -0.25) is 4.68 Å². The summed E-state index contributed by atoms with van der Waals surface area (Å²) in [6, 6.07) is 22.0. The lowest BCUT2D eigenvalue weighted by atomic mass is 9.83. The van der Waals surface area contributed by atoms with E-state index < -0.39 is 5.97 Å². The van der Waals surface area contributed by atoms with Crippen LogP contribution in [0.5, 0.6) is 0 Å². The number of aliphatic carboxylic acids is 1. The van der Waals surface area contributed by atoms with E-state index >= 15 is 0 Å².